The maximum Gasteiger partial charge on any atom is 0.241 e. The second kappa shape index (κ2) is 6.62. The van der Waals surface area contributed by atoms with Gasteiger partial charge in [0, 0.05) is 18.9 Å². The van der Waals surface area contributed by atoms with Crippen LogP contribution in [0.1, 0.15) is 13.8 Å². The molecule has 0 fully saturated rings. The molecule has 0 unspecified atom stereocenters. The molecule has 0 aliphatic rings. The minimum absolute atomic E-state index is 0.0702. The molecule has 0 saturated carbocycles. The van der Waals surface area contributed by atoms with Gasteiger partial charge in [-0.1, -0.05) is 19.9 Å². The Labute approximate surface area is 129 Å². The highest BCUT2D eigenvalue weighted by Crippen LogP contribution is 2.21. The zero-order chi connectivity index (χ0) is 16.3. The van der Waals surface area contributed by atoms with E-state index in [1.165, 1.54) is 0 Å². The number of benzene rings is 1. The maximum absolute atomic E-state index is 12.0. The molecular weight excluding hydrogens is 280 g/mol. The summed E-state index contributed by atoms with van der Waals surface area (Å²) in [6.07, 6.45) is 1.85. The lowest BCUT2D eigenvalue weighted by Crippen LogP contribution is -2.39. The van der Waals surface area contributed by atoms with Crippen molar-refractivity contribution >= 4 is 28.4 Å². The summed E-state index contributed by atoms with van der Waals surface area (Å²) in [6, 6.07) is 6.98. The van der Waals surface area contributed by atoms with Crippen molar-refractivity contribution in [2.75, 3.05) is 12.4 Å². The van der Waals surface area contributed by atoms with E-state index < -0.39 is 6.04 Å². The summed E-state index contributed by atoms with van der Waals surface area (Å²) in [4.78, 5) is 23.6. The molecule has 22 heavy (non-hydrogen) atoms. The van der Waals surface area contributed by atoms with E-state index in [2.05, 4.69) is 10.6 Å². The number of anilines is 1. The summed E-state index contributed by atoms with van der Waals surface area (Å²) in [5, 5.41) is 6.43. The predicted molar refractivity (Wildman–Crippen MR) is 87.4 cm³/mol. The minimum atomic E-state index is -0.548. The Morgan fingerprint density at radius 3 is 2.64 bits per heavy atom. The number of amides is 2. The van der Waals surface area contributed by atoms with Crippen LogP contribution in [-0.4, -0.2) is 29.5 Å². The number of carbonyl (C=O) groups is 2. The van der Waals surface area contributed by atoms with Crippen molar-refractivity contribution in [3.05, 3.63) is 30.5 Å². The van der Waals surface area contributed by atoms with Gasteiger partial charge >= 0.3 is 0 Å². The quantitative estimate of drug-likeness (QED) is 0.778. The van der Waals surface area contributed by atoms with Gasteiger partial charge in [-0.15, -0.1) is 0 Å². The molecule has 0 bridgehead atoms. The van der Waals surface area contributed by atoms with Gasteiger partial charge in [-0.2, -0.15) is 0 Å². The lowest BCUT2D eigenvalue weighted by molar-refractivity contribution is -0.121. The fourth-order valence-electron chi connectivity index (χ4n) is 2.16. The zero-order valence-corrected chi connectivity index (χ0v) is 13.1. The zero-order valence-electron chi connectivity index (χ0n) is 13.1. The third-order valence-corrected chi connectivity index (χ3v) is 3.66. The predicted octanol–water partition coefficient (Wildman–Crippen LogP) is 1.31. The van der Waals surface area contributed by atoms with Crippen LogP contribution in [0.4, 0.5) is 5.69 Å². The Kier molecular flexibility index (Phi) is 4.82. The van der Waals surface area contributed by atoms with Gasteiger partial charge in [0.2, 0.25) is 11.8 Å². The van der Waals surface area contributed by atoms with Crippen LogP contribution >= 0.6 is 0 Å². The highest BCUT2D eigenvalue weighted by Gasteiger charge is 2.17. The van der Waals surface area contributed by atoms with Crippen molar-refractivity contribution in [1.29, 1.82) is 0 Å². The van der Waals surface area contributed by atoms with Gasteiger partial charge in [-0.25, -0.2) is 0 Å². The second-order valence-corrected chi connectivity index (χ2v) is 5.65. The molecule has 1 atom stereocenters. The van der Waals surface area contributed by atoms with Crippen LogP contribution < -0.4 is 16.4 Å². The van der Waals surface area contributed by atoms with Crippen LogP contribution in [0.3, 0.4) is 0 Å². The number of rotatable bonds is 5. The Hall–Kier alpha value is -2.34. The van der Waals surface area contributed by atoms with E-state index in [9.17, 15) is 9.59 Å². The summed E-state index contributed by atoms with van der Waals surface area (Å²) in [7, 11) is 1.60. The number of nitrogens with two attached hydrogens (primary N) is 1. The van der Waals surface area contributed by atoms with Crippen molar-refractivity contribution in [2.45, 2.75) is 26.4 Å². The maximum atomic E-state index is 12.0. The SMILES string of the molecule is CNC(=O)Cn1ccc2ccc(NC(=O)[C@@H](N)C(C)C)cc21. The molecule has 6 heteroatoms. The van der Waals surface area contributed by atoms with Crippen molar-refractivity contribution in [3.8, 4) is 0 Å². The van der Waals surface area contributed by atoms with Crippen LogP contribution in [0.15, 0.2) is 30.5 Å². The second-order valence-electron chi connectivity index (χ2n) is 5.65. The number of carbonyl (C=O) groups excluding carboxylic acids is 2. The normalized spacial score (nSPS) is 12.4. The summed E-state index contributed by atoms with van der Waals surface area (Å²) < 4.78 is 1.84. The van der Waals surface area contributed by atoms with E-state index >= 15 is 0 Å². The Morgan fingerprint density at radius 2 is 2.00 bits per heavy atom. The van der Waals surface area contributed by atoms with Crippen LogP contribution in [0.25, 0.3) is 10.9 Å². The number of hydrogen-bond acceptors (Lipinski definition) is 3. The average molecular weight is 302 g/mol. The Morgan fingerprint density at radius 1 is 1.27 bits per heavy atom. The fourth-order valence-corrected chi connectivity index (χ4v) is 2.16. The van der Waals surface area contributed by atoms with Gasteiger partial charge in [-0.05, 0) is 29.5 Å². The van der Waals surface area contributed by atoms with Gasteiger partial charge in [0.1, 0.15) is 6.54 Å². The molecule has 118 valence electrons. The average Bonchev–Trinajstić information content (AvgIpc) is 2.88. The molecule has 2 amide bonds. The lowest BCUT2D eigenvalue weighted by Gasteiger charge is -2.15. The van der Waals surface area contributed by atoms with Gasteiger partial charge in [0.05, 0.1) is 11.6 Å². The number of nitrogens with one attached hydrogen (secondary N) is 2. The molecule has 4 N–H and O–H groups in total. The van der Waals surface area contributed by atoms with Crippen LogP contribution in [0, 0.1) is 5.92 Å². The largest absolute Gasteiger partial charge is 0.358 e. The molecule has 0 radical (unpaired) electrons. The molecule has 6 nitrogen and oxygen atoms in total. The van der Waals surface area contributed by atoms with Gasteiger partial charge < -0.3 is 20.9 Å². The standard InChI is InChI=1S/C16H22N4O2/c1-10(2)15(17)16(22)19-12-5-4-11-6-7-20(13(11)8-12)9-14(21)18-3/h4-8,10,15H,9,17H2,1-3H3,(H,18,21)(H,19,22)/t15-/m0/s1. The Balaban J connectivity index is 2.23. The first-order valence-corrected chi connectivity index (χ1v) is 7.28. The number of aromatic nitrogens is 1. The molecule has 1 aromatic carbocycles. The molecule has 0 spiro atoms. The summed E-state index contributed by atoms with van der Waals surface area (Å²) >= 11 is 0. The highest BCUT2D eigenvalue weighted by molar-refractivity contribution is 5.97. The molecule has 0 aliphatic carbocycles. The molecule has 0 aliphatic heterocycles. The van der Waals surface area contributed by atoms with E-state index in [4.69, 9.17) is 5.73 Å². The van der Waals surface area contributed by atoms with E-state index in [1.54, 1.807) is 7.05 Å². The third-order valence-electron chi connectivity index (χ3n) is 3.66. The molecule has 0 saturated heterocycles. The molecular formula is C16H22N4O2. The topological polar surface area (TPSA) is 89.2 Å². The van der Waals surface area contributed by atoms with Crippen molar-refractivity contribution in [1.82, 2.24) is 9.88 Å². The van der Waals surface area contributed by atoms with Crippen molar-refractivity contribution in [2.24, 2.45) is 11.7 Å². The van der Waals surface area contributed by atoms with Crippen LogP contribution in [-0.2, 0) is 16.1 Å². The molecule has 2 rings (SSSR count). The van der Waals surface area contributed by atoms with Crippen molar-refractivity contribution in [3.63, 3.8) is 0 Å². The first-order valence-electron chi connectivity index (χ1n) is 7.28. The Bertz CT molecular complexity index is 691. The third kappa shape index (κ3) is 3.46. The first-order chi connectivity index (χ1) is 10.4. The number of likely N-dealkylation sites (N-methyl/N-ethyl adjacent to an activating group) is 1. The number of nitrogens with zero attached hydrogens (tertiary/aromatic N) is 1. The monoisotopic (exact) mass is 302 g/mol. The van der Waals surface area contributed by atoms with Gasteiger partial charge in [-0.3, -0.25) is 9.59 Å². The fraction of sp³-hybridized carbons (Fsp3) is 0.375. The van der Waals surface area contributed by atoms with E-state index in [-0.39, 0.29) is 24.3 Å². The highest BCUT2D eigenvalue weighted by atomic mass is 16.2. The van der Waals surface area contributed by atoms with Gasteiger partial charge in [0.15, 0.2) is 0 Å². The van der Waals surface area contributed by atoms with E-state index in [0.717, 1.165) is 10.9 Å². The first kappa shape index (κ1) is 16.0. The summed E-state index contributed by atoms with van der Waals surface area (Å²) in [6.45, 7) is 4.05. The molecule has 1 aromatic heterocycles. The summed E-state index contributed by atoms with van der Waals surface area (Å²) in [5.41, 5.74) is 7.40. The van der Waals surface area contributed by atoms with Crippen LogP contribution in [0.2, 0.25) is 0 Å². The van der Waals surface area contributed by atoms with Gasteiger partial charge in [0.25, 0.3) is 0 Å². The van der Waals surface area contributed by atoms with Crippen LogP contribution in [0.5, 0.6) is 0 Å². The summed E-state index contributed by atoms with van der Waals surface area (Å²) in [5.74, 6) is -0.214. The number of fused-ring (bicyclic) bond motifs is 1. The smallest absolute Gasteiger partial charge is 0.241 e. The molecule has 2 aromatic rings. The van der Waals surface area contributed by atoms with E-state index in [1.807, 2.05) is 48.9 Å². The molecule has 1 heterocycles. The lowest BCUT2D eigenvalue weighted by atomic mass is 10.0. The minimum Gasteiger partial charge on any atom is -0.358 e. The number of hydrogen-bond donors (Lipinski definition) is 3. The van der Waals surface area contributed by atoms with E-state index in [0.29, 0.717) is 5.69 Å². The van der Waals surface area contributed by atoms with Crippen molar-refractivity contribution < 1.29 is 9.59 Å².